The van der Waals surface area contributed by atoms with Crippen molar-refractivity contribution in [2.75, 3.05) is 20.3 Å². The van der Waals surface area contributed by atoms with Gasteiger partial charge < -0.3 is 9.64 Å². The SMILES string of the molecule is CCC(C)N(CCOC)C(=O)c1ccc(=O)[nH]n1. The number of H-pyrrole nitrogens is 1. The largest absolute Gasteiger partial charge is 0.383 e. The van der Waals surface area contributed by atoms with Crippen molar-refractivity contribution >= 4 is 5.91 Å². The van der Waals surface area contributed by atoms with Crippen LogP contribution >= 0.6 is 0 Å². The van der Waals surface area contributed by atoms with Crippen molar-refractivity contribution in [2.45, 2.75) is 26.3 Å². The molecule has 0 saturated carbocycles. The molecule has 0 spiro atoms. The molecule has 1 unspecified atom stereocenters. The number of hydrogen-bond acceptors (Lipinski definition) is 4. The predicted octanol–water partition coefficient (Wildman–Crippen LogP) is 0.657. The molecule has 0 bridgehead atoms. The average molecular weight is 253 g/mol. The summed E-state index contributed by atoms with van der Waals surface area (Å²) in [6, 6.07) is 2.83. The Morgan fingerprint density at radius 2 is 2.28 bits per heavy atom. The Morgan fingerprint density at radius 1 is 1.56 bits per heavy atom. The maximum Gasteiger partial charge on any atom is 0.274 e. The molecule has 0 aliphatic heterocycles. The monoisotopic (exact) mass is 253 g/mol. The first-order valence-corrected chi connectivity index (χ1v) is 5.95. The molecule has 0 aliphatic carbocycles. The van der Waals surface area contributed by atoms with Gasteiger partial charge in [-0.3, -0.25) is 9.59 Å². The number of nitrogens with zero attached hydrogens (tertiary/aromatic N) is 2. The molecule has 0 aromatic carbocycles. The molecule has 1 aromatic rings. The fourth-order valence-electron chi connectivity index (χ4n) is 1.54. The lowest BCUT2D eigenvalue weighted by molar-refractivity contribution is 0.0607. The summed E-state index contributed by atoms with van der Waals surface area (Å²) in [4.78, 5) is 24.9. The van der Waals surface area contributed by atoms with Crippen LogP contribution in [0.3, 0.4) is 0 Å². The van der Waals surface area contributed by atoms with E-state index in [1.54, 1.807) is 12.0 Å². The van der Waals surface area contributed by atoms with Crippen molar-refractivity contribution in [1.29, 1.82) is 0 Å². The number of carbonyl (C=O) groups excluding carboxylic acids is 1. The molecule has 1 N–H and O–H groups in total. The van der Waals surface area contributed by atoms with Gasteiger partial charge in [0.15, 0.2) is 0 Å². The van der Waals surface area contributed by atoms with Crippen LogP contribution in [-0.2, 0) is 4.74 Å². The van der Waals surface area contributed by atoms with Gasteiger partial charge in [-0.2, -0.15) is 5.10 Å². The quantitative estimate of drug-likeness (QED) is 0.808. The van der Waals surface area contributed by atoms with E-state index in [0.29, 0.717) is 13.2 Å². The van der Waals surface area contributed by atoms with E-state index in [1.165, 1.54) is 12.1 Å². The third kappa shape index (κ3) is 3.66. The number of nitrogens with one attached hydrogen (secondary N) is 1. The van der Waals surface area contributed by atoms with Gasteiger partial charge in [0.2, 0.25) is 0 Å². The molecule has 0 aliphatic rings. The van der Waals surface area contributed by atoms with Crippen LogP contribution in [0.2, 0.25) is 0 Å². The van der Waals surface area contributed by atoms with Crippen molar-refractivity contribution in [3.63, 3.8) is 0 Å². The summed E-state index contributed by atoms with van der Waals surface area (Å²) in [6.45, 7) is 4.96. The maximum atomic E-state index is 12.2. The Kier molecular flexibility index (Phi) is 5.51. The van der Waals surface area contributed by atoms with E-state index < -0.39 is 0 Å². The average Bonchev–Trinajstić information content (AvgIpc) is 2.39. The zero-order valence-electron chi connectivity index (χ0n) is 11.0. The van der Waals surface area contributed by atoms with E-state index in [0.717, 1.165) is 6.42 Å². The normalized spacial score (nSPS) is 12.2. The van der Waals surface area contributed by atoms with Gasteiger partial charge in [0.25, 0.3) is 11.5 Å². The molecule has 1 rings (SSSR count). The molecule has 1 atom stereocenters. The molecule has 1 heterocycles. The van der Waals surface area contributed by atoms with Gasteiger partial charge in [0.1, 0.15) is 5.69 Å². The van der Waals surface area contributed by atoms with Crippen LogP contribution in [0.25, 0.3) is 0 Å². The van der Waals surface area contributed by atoms with Crippen molar-refractivity contribution in [3.8, 4) is 0 Å². The van der Waals surface area contributed by atoms with Crippen LogP contribution in [0, 0.1) is 0 Å². The summed E-state index contributed by atoms with van der Waals surface area (Å²) in [5, 5.41) is 6.02. The molecule has 0 saturated heterocycles. The number of aromatic amines is 1. The van der Waals surface area contributed by atoms with Gasteiger partial charge in [-0.15, -0.1) is 0 Å². The molecule has 6 nitrogen and oxygen atoms in total. The van der Waals surface area contributed by atoms with Crippen LogP contribution in [0.15, 0.2) is 16.9 Å². The molecule has 1 aromatic heterocycles. The number of amides is 1. The fraction of sp³-hybridized carbons (Fsp3) is 0.583. The first kappa shape index (κ1) is 14.4. The van der Waals surface area contributed by atoms with Gasteiger partial charge in [-0.25, -0.2) is 5.10 Å². The Bertz CT molecular complexity index is 424. The molecule has 100 valence electrons. The number of rotatable bonds is 6. The van der Waals surface area contributed by atoms with E-state index in [-0.39, 0.29) is 23.2 Å². The van der Waals surface area contributed by atoms with Crippen LogP contribution in [0.4, 0.5) is 0 Å². The number of carbonyl (C=O) groups is 1. The fourth-order valence-corrected chi connectivity index (χ4v) is 1.54. The second kappa shape index (κ2) is 6.90. The Balaban J connectivity index is 2.87. The Labute approximate surface area is 106 Å². The molecule has 0 radical (unpaired) electrons. The number of hydrogen-bond donors (Lipinski definition) is 1. The van der Waals surface area contributed by atoms with Crippen molar-refractivity contribution in [1.82, 2.24) is 15.1 Å². The summed E-state index contributed by atoms with van der Waals surface area (Å²) >= 11 is 0. The van der Waals surface area contributed by atoms with E-state index in [9.17, 15) is 9.59 Å². The number of ether oxygens (including phenoxy) is 1. The van der Waals surface area contributed by atoms with Crippen molar-refractivity contribution < 1.29 is 9.53 Å². The zero-order valence-corrected chi connectivity index (χ0v) is 11.0. The summed E-state index contributed by atoms with van der Waals surface area (Å²) in [7, 11) is 1.59. The smallest absolute Gasteiger partial charge is 0.274 e. The lowest BCUT2D eigenvalue weighted by atomic mass is 10.2. The van der Waals surface area contributed by atoms with Crippen molar-refractivity contribution in [3.05, 3.63) is 28.2 Å². The Morgan fingerprint density at radius 3 is 2.78 bits per heavy atom. The number of methoxy groups -OCH3 is 1. The predicted molar refractivity (Wildman–Crippen MR) is 67.5 cm³/mol. The zero-order chi connectivity index (χ0) is 13.5. The van der Waals surface area contributed by atoms with Gasteiger partial charge >= 0.3 is 0 Å². The highest BCUT2D eigenvalue weighted by Gasteiger charge is 2.21. The molecule has 0 fully saturated rings. The lowest BCUT2D eigenvalue weighted by Crippen LogP contribution is -2.41. The van der Waals surface area contributed by atoms with Crippen molar-refractivity contribution in [2.24, 2.45) is 0 Å². The maximum absolute atomic E-state index is 12.2. The van der Waals surface area contributed by atoms with E-state index in [2.05, 4.69) is 10.2 Å². The summed E-state index contributed by atoms with van der Waals surface area (Å²) in [6.07, 6.45) is 0.846. The molecular weight excluding hydrogens is 234 g/mol. The minimum Gasteiger partial charge on any atom is -0.383 e. The summed E-state index contributed by atoms with van der Waals surface area (Å²) < 4.78 is 5.00. The van der Waals surface area contributed by atoms with Gasteiger partial charge in [0.05, 0.1) is 6.61 Å². The Hall–Kier alpha value is -1.69. The second-order valence-electron chi connectivity index (χ2n) is 4.06. The van der Waals surface area contributed by atoms with Gasteiger partial charge in [-0.1, -0.05) is 6.92 Å². The van der Waals surface area contributed by atoms with E-state index >= 15 is 0 Å². The summed E-state index contributed by atoms with van der Waals surface area (Å²) in [5.41, 5.74) is -0.0791. The van der Waals surface area contributed by atoms with Crippen LogP contribution in [-0.4, -0.2) is 47.3 Å². The topological polar surface area (TPSA) is 75.3 Å². The highest BCUT2D eigenvalue weighted by Crippen LogP contribution is 2.08. The highest BCUT2D eigenvalue weighted by molar-refractivity contribution is 5.92. The van der Waals surface area contributed by atoms with E-state index in [1.807, 2.05) is 13.8 Å². The molecule has 6 heteroatoms. The first-order chi connectivity index (χ1) is 8.60. The highest BCUT2D eigenvalue weighted by atomic mass is 16.5. The standard InChI is InChI=1S/C12H19N3O3/c1-4-9(2)15(7-8-18-3)12(17)10-5-6-11(16)14-13-10/h5-6,9H,4,7-8H2,1-3H3,(H,14,16). The third-order valence-corrected chi connectivity index (χ3v) is 2.82. The van der Waals surface area contributed by atoms with Crippen LogP contribution in [0.1, 0.15) is 30.8 Å². The summed E-state index contributed by atoms with van der Waals surface area (Å²) in [5.74, 6) is -0.197. The molecule has 1 amide bonds. The van der Waals surface area contributed by atoms with Gasteiger partial charge in [-0.05, 0) is 19.4 Å². The minimum absolute atomic E-state index is 0.0985. The number of aromatic nitrogens is 2. The van der Waals surface area contributed by atoms with E-state index in [4.69, 9.17) is 4.74 Å². The van der Waals surface area contributed by atoms with Gasteiger partial charge in [0, 0.05) is 25.8 Å². The first-order valence-electron chi connectivity index (χ1n) is 5.95. The molecule has 18 heavy (non-hydrogen) atoms. The minimum atomic E-state index is -0.321. The lowest BCUT2D eigenvalue weighted by Gasteiger charge is -2.27. The van der Waals surface area contributed by atoms with Crippen LogP contribution in [0.5, 0.6) is 0 Å². The van der Waals surface area contributed by atoms with Crippen LogP contribution < -0.4 is 5.56 Å². The molecular formula is C12H19N3O3. The third-order valence-electron chi connectivity index (χ3n) is 2.82. The second-order valence-corrected chi connectivity index (χ2v) is 4.06.